The summed E-state index contributed by atoms with van der Waals surface area (Å²) in [5, 5.41) is 0.583. The fourth-order valence-corrected chi connectivity index (χ4v) is 4.16. The molecule has 3 aromatic rings. The standard InChI is InChI=1S/C19H16BrClN2O4S/c1-2-26-18(25)10-23-15-8-3-12(20)9-16(15)28-19(23)22-17(24)11-27-14-6-4-13(21)5-7-14/h3-9H,2,10-11H2,1H3. The number of hydrogen-bond acceptors (Lipinski definition) is 5. The van der Waals surface area contributed by atoms with Crippen molar-refractivity contribution in [1.29, 1.82) is 0 Å². The zero-order chi connectivity index (χ0) is 20.1. The van der Waals surface area contributed by atoms with E-state index in [0.29, 0.717) is 15.6 Å². The Balaban J connectivity index is 1.87. The van der Waals surface area contributed by atoms with Gasteiger partial charge in [-0.1, -0.05) is 38.9 Å². The number of benzene rings is 2. The molecule has 2 aromatic carbocycles. The summed E-state index contributed by atoms with van der Waals surface area (Å²) in [5.74, 6) is -0.331. The topological polar surface area (TPSA) is 69.9 Å². The molecule has 0 aliphatic rings. The Hall–Kier alpha value is -2.16. The Morgan fingerprint density at radius 2 is 1.96 bits per heavy atom. The summed E-state index contributed by atoms with van der Waals surface area (Å²) in [6.45, 7) is 1.78. The molecule has 28 heavy (non-hydrogen) atoms. The molecule has 9 heteroatoms. The largest absolute Gasteiger partial charge is 0.484 e. The molecule has 1 heterocycles. The van der Waals surface area contributed by atoms with Crippen LogP contribution >= 0.6 is 38.9 Å². The second-order valence-corrected chi connectivity index (χ2v) is 8.00. The van der Waals surface area contributed by atoms with Gasteiger partial charge in [0.2, 0.25) is 0 Å². The Morgan fingerprint density at radius 1 is 1.21 bits per heavy atom. The third-order valence-electron chi connectivity index (χ3n) is 3.63. The highest BCUT2D eigenvalue weighted by atomic mass is 79.9. The lowest BCUT2D eigenvalue weighted by Crippen LogP contribution is -2.24. The van der Waals surface area contributed by atoms with Crippen molar-refractivity contribution >= 4 is 61.0 Å². The third-order valence-corrected chi connectivity index (χ3v) is 5.42. The smallest absolute Gasteiger partial charge is 0.326 e. The van der Waals surface area contributed by atoms with Crippen LogP contribution in [0.15, 0.2) is 51.9 Å². The first-order valence-corrected chi connectivity index (χ1v) is 10.4. The predicted molar refractivity (Wildman–Crippen MR) is 112 cm³/mol. The molecule has 0 aliphatic heterocycles. The van der Waals surface area contributed by atoms with E-state index >= 15 is 0 Å². The summed E-state index contributed by atoms with van der Waals surface area (Å²) < 4.78 is 13.9. The summed E-state index contributed by atoms with van der Waals surface area (Å²) in [7, 11) is 0. The van der Waals surface area contributed by atoms with Crippen molar-refractivity contribution in [2.45, 2.75) is 13.5 Å². The van der Waals surface area contributed by atoms with Crippen molar-refractivity contribution in [3.05, 3.63) is 56.8 Å². The van der Waals surface area contributed by atoms with Gasteiger partial charge in [0, 0.05) is 9.50 Å². The average molecular weight is 484 g/mol. The van der Waals surface area contributed by atoms with Crippen LogP contribution in [0.5, 0.6) is 5.75 Å². The van der Waals surface area contributed by atoms with Crippen LogP contribution in [0.4, 0.5) is 0 Å². The normalized spacial score (nSPS) is 11.6. The van der Waals surface area contributed by atoms with E-state index in [-0.39, 0.29) is 19.8 Å². The van der Waals surface area contributed by atoms with Crippen molar-refractivity contribution in [2.75, 3.05) is 13.2 Å². The first kappa shape index (κ1) is 20.6. The van der Waals surface area contributed by atoms with Gasteiger partial charge < -0.3 is 14.0 Å². The minimum atomic E-state index is -0.460. The summed E-state index contributed by atoms with van der Waals surface area (Å²) in [4.78, 5) is 28.8. The van der Waals surface area contributed by atoms with E-state index in [1.807, 2.05) is 18.2 Å². The van der Waals surface area contributed by atoms with Crippen LogP contribution in [0.1, 0.15) is 6.92 Å². The van der Waals surface area contributed by atoms with E-state index in [1.54, 1.807) is 35.8 Å². The Labute approximate surface area is 178 Å². The number of ether oxygens (including phenoxy) is 2. The lowest BCUT2D eigenvalue weighted by atomic mass is 10.3. The SMILES string of the molecule is CCOC(=O)Cn1c(=NC(=O)COc2ccc(Cl)cc2)sc2cc(Br)ccc21. The van der Waals surface area contributed by atoms with Crippen LogP contribution in [0.2, 0.25) is 5.02 Å². The van der Waals surface area contributed by atoms with Gasteiger partial charge in [0.1, 0.15) is 12.3 Å². The van der Waals surface area contributed by atoms with Gasteiger partial charge in [-0.05, 0) is 49.4 Å². The summed E-state index contributed by atoms with van der Waals surface area (Å²) in [6.07, 6.45) is 0. The van der Waals surface area contributed by atoms with Gasteiger partial charge in [-0.15, -0.1) is 0 Å². The summed E-state index contributed by atoms with van der Waals surface area (Å²) in [5.41, 5.74) is 0.798. The van der Waals surface area contributed by atoms with E-state index in [9.17, 15) is 9.59 Å². The van der Waals surface area contributed by atoms with Crippen molar-refractivity contribution in [2.24, 2.45) is 4.99 Å². The van der Waals surface area contributed by atoms with Gasteiger partial charge in [0.15, 0.2) is 11.4 Å². The van der Waals surface area contributed by atoms with Gasteiger partial charge in [0.25, 0.3) is 5.91 Å². The van der Waals surface area contributed by atoms with Gasteiger partial charge in [-0.25, -0.2) is 0 Å². The van der Waals surface area contributed by atoms with Crippen LogP contribution in [0.3, 0.4) is 0 Å². The molecule has 0 saturated heterocycles. The third kappa shape index (κ3) is 5.21. The number of amides is 1. The minimum Gasteiger partial charge on any atom is -0.484 e. The molecule has 0 saturated carbocycles. The van der Waals surface area contributed by atoms with Crippen LogP contribution in [0, 0.1) is 0 Å². The zero-order valence-electron chi connectivity index (χ0n) is 14.9. The van der Waals surface area contributed by atoms with E-state index in [2.05, 4.69) is 20.9 Å². The summed E-state index contributed by atoms with van der Waals surface area (Å²) >= 11 is 10.6. The number of carbonyl (C=O) groups excluding carboxylic acids is 2. The number of esters is 1. The van der Waals surface area contributed by atoms with Gasteiger partial charge >= 0.3 is 5.97 Å². The number of aromatic nitrogens is 1. The van der Waals surface area contributed by atoms with Crippen LogP contribution in [0.25, 0.3) is 10.2 Å². The summed E-state index contributed by atoms with van der Waals surface area (Å²) in [6, 6.07) is 12.3. The second kappa shape index (κ2) is 9.36. The lowest BCUT2D eigenvalue weighted by Gasteiger charge is -2.05. The molecular formula is C19H16BrClN2O4S. The fraction of sp³-hybridized carbons (Fsp3) is 0.211. The highest BCUT2D eigenvalue weighted by molar-refractivity contribution is 9.10. The maximum Gasteiger partial charge on any atom is 0.326 e. The van der Waals surface area contributed by atoms with E-state index in [0.717, 1.165) is 14.7 Å². The van der Waals surface area contributed by atoms with E-state index in [4.69, 9.17) is 21.1 Å². The number of halogens is 2. The van der Waals surface area contributed by atoms with Gasteiger partial charge in [-0.2, -0.15) is 4.99 Å². The lowest BCUT2D eigenvalue weighted by molar-refractivity contribution is -0.143. The molecule has 0 radical (unpaired) electrons. The molecule has 0 aliphatic carbocycles. The Bertz CT molecular complexity index is 1080. The number of thiazole rings is 1. The molecule has 0 spiro atoms. The molecular weight excluding hydrogens is 468 g/mol. The molecule has 0 N–H and O–H groups in total. The fourth-order valence-electron chi connectivity index (χ4n) is 2.44. The maximum atomic E-state index is 12.3. The number of fused-ring (bicyclic) bond motifs is 1. The Kier molecular flexibility index (Phi) is 6.88. The van der Waals surface area contributed by atoms with Crippen LogP contribution in [-0.2, 0) is 20.9 Å². The Morgan fingerprint density at radius 3 is 2.68 bits per heavy atom. The molecule has 3 rings (SSSR count). The van der Waals surface area contributed by atoms with Crippen molar-refractivity contribution in [3.63, 3.8) is 0 Å². The van der Waals surface area contributed by atoms with Gasteiger partial charge in [-0.3, -0.25) is 9.59 Å². The quantitative estimate of drug-likeness (QED) is 0.493. The molecule has 146 valence electrons. The predicted octanol–water partition coefficient (Wildman–Crippen LogP) is 4.19. The molecule has 0 bridgehead atoms. The molecule has 1 amide bonds. The number of rotatable bonds is 6. The van der Waals surface area contributed by atoms with Gasteiger partial charge in [0.05, 0.1) is 16.8 Å². The minimum absolute atomic E-state index is 0.0281. The monoisotopic (exact) mass is 482 g/mol. The molecule has 0 unspecified atom stereocenters. The second-order valence-electron chi connectivity index (χ2n) is 5.64. The van der Waals surface area contributed by atoms with E-state index in [1.165, 1.54) is 11.3 Å². The maximum absolute atomic E-state index is 12.3. The zero-order valence-corrected chi connectivity index (χ0v) is 18.0. The highest BCUT2D eigenvalue weighted by Crippen LogP contribution is 2.22. The van der Waals surface area contributed by atoms with Crippen molar-refractivity contribution in [3.8, 4) is 5.75 Å². The average Bonchev–Trinajstić information content (AvgIpc) is 2.97. The first-order chi connectivity index (χ1) is 13.5. The molecule has 1 aromatic heterocycles. The molecule has 0 atom stereocenters. The van der Waals surface area contributed by atoms with Crippen molar-refractivity contribution < 1.29 is 19.1 Å². The van der Waals surface area contributed by atoms with Crippen LogP contribution < -0.4 is 9.54 Å². The highest BCUT2D eigenvalue weighted by Gasteiger charge is 2.13. The first-order valence-electron chi connectivity index (χ1n) is 8.36. The van der Waals surface area contributed by atoms with E-state index < -0.39 is 11.9 Å². The number of nitrogens with zero attached hydrogens (tertiary/aromatic N) is 2. The number of carbonyl (C=O) groups is 2. The van der Waals surface area contributed by atoms with Crippen molar-refractivity contribution in [1.82, 2.24) is 4.57 Å². The molecule has 6 nitrogen and oxygen atoms in total. The number of hydrogen-bond donors (Lipinski definition) is 0. The molecule has 0 fully saturated rings. The van der Waals surface area contributed by atoms with Crippen LogP contribution in [-0.4, -0.2) is 29.7 Å².